The number of aliphatic hydroxyl groups is 1. The summed E-state index contributed by atoms with van der Waals surface area (Å²) >= 11 is 6.11. The van der Waals surface area contributed by atoms with Gasteiger partial charge >= 0.3 is 0 Å². The number of halogens is 2. The van der Waals surface area contributed by atoms with Crippen LogP contribution in [0.25, 0.3) is 0 Å². The number of nitrogens with zero attached hydrogens (tertiary/aromatic N) is 1. The minimum Gasteiger partial charge on any atom is -0.508 e. The SMILES string of the molecule is Cc1cc([N+](=O)[O-])cc(Cl)c1Oc1ccc(O)c(C(O)c2ccc(F)cc2)c1. The normalized spacial score (nSPS) is 11.9. The highest BCUT2D eigenvalue weighted by Crippen LogP contribution is 2.38. The van der Waals surface area contributed by atoms with Crippen LogP contribution in [0.4, 0.5) is 10.1 Å². The Kier molecular flexibility index (Phi) is 5.48. The molecule has 0 fully saturated rings. The summed E-state index contributed by atoms with van der Waals surface area (Å²) in [5.74, 6) is -0.135. The van der Waals surface area contributed by atoms with E-state index in [1.165, 1.54) is 54.6 Å². The number of ether oxygens (including phenoxy) is 1. The van der Waals surface area contributed by atoms with Gasteiger partial charge in [0.2, 0.25) is 0 Å². The van der Waals surface area contributed by atoms with Crippen LogP contribution in [0.5, 0.6) is 17.2 Å². The third-order valence-corrected chi connectivity index (χ3v) is 4.40. The highest BCUT2D eigenvalue weighted by atomic mass is 35.5. The molecule has 1 unspecified atom stereocenters. The van der Waals surface area contributed by atoms with Gasteiger partial charge in [0.1, 0.15) is 29.2 Å². The van der Waals surface area contributed by atoms with Crippen LogP contribution >= 0.6 is 11.6 Å². The second kappa shape index (κ2) is 7.84. The maximum absolute atomic E-state index is 13.1. The lowest BCUT2D eigenvalue weighted by molar-refractivity contribution is -0.384. The van der Waals surface area contributed by atoms with E-state index in [9.17, 15) is 24.7 Å². The number of rotatable bonds is 5. The number of non-ortho nitro benzene ring substituents is 1. The number of nitro benzene ring substituents is 1. The molecule has 0 bridgehead atoms. The molecule has 0 amide bonds. The molecule has 0 aliphatic carbocycles. The van der Waals surface area contributed by atoms with E-state index < -0.39 is 16.8 Å². The molecule has 0 aromatic heterocycles. The molecule has 0 saturated carbocycles. The number of hydrogen-bond acceptors (Lipinski definition) is 5. The van der Waals surface area contributed by atoms with Crippen LogP contribution in [0.1, 0.15) is 22.8 Å². The summed E-state index contributed by atoms with van der Waals surface area (Å²) in [4.78, 5) is 10.4. The molecule has 0 saturated heterocycles. The van der Waals surface area contributed by atoms with Crippen molar-refractivity contribution in [1.29, 1.82) is 0 Å². The maximum atomic E-state index is 13.1. The zero-order valence-electron chi connectivity index (χ0n) is 14.6. The lowest BCUT2D eigenvalue weighted by Crippen LogP contribution is -2.01. The van der Waals surface area contributed by atoms with Crippen molar-refractivity contribution in [3.63, 3.8) is 0 Å². The van der Waals surface area contributed by atoms with Crippen molar-refractivity contribution in [2.24, 2.45) is 0 Å². The molecule has 3 rings (SSSR count). The van der Waals surface area contributed by atoms with Gasteiger partial charge in [-0.2, -0.15) is 0 Å². The van der Waals surface area contributed by atoms with Gasteiger partial charge in [0.25, 0.3) is 5.69 Å². The zero-order valence-corrected chi connectivity index (χ0v) is 15.4. The Labute approximate surface area is 164 Å². The molecule has 0 spiro atoms. The van der Waals surface area contributed by atoms with Crippen molar-refractivity contribution in [2.45, 2.75) is 13.0 Å². The molecule has 0 aliphatic rings. The molecule has 0 heterocycles. The van der Waals surface area contributed by atoms with Gasteiger partial charge in [-0.3, -0.25) is 10.1 Å². The summed E-state index contributed by atoms with van der Waals surface area (Å²) in [6.07, 6.45) is -1.21. The first-order chi connectivity index (χ1) is 13.3. The van der Waals surface area contributed by atoms with Gasteiger partial charge in [-0.1, -0.05) is 23.7 Å². The molecule has 6 nitrogen and oxygen atoms in total. The average molecular weight is 404 g/mol. The Morgan fingerprint density at radius 2 is 1.82 bits per heavy atom. The van der Waals surface area contributed by atoms with Crippen molar-refractivity contribution in [3.05, 3.63) is 92.2 Å². The second-order valence-electron chi connectivity index (χ2n) is 6.11. The van der Waals surface area contributed by atoms with Gasteiger partial charge in [0.05, 0.1) is 9.95 Å². The van der Waals surface area contributed by atoms with Crippen LogP contribution in [-0.2, 0) is 0 Å². The summed E-state index contributed by atoms with van der Waals surface area (Å²) in [7, 11) is 0. The Hall–Kier alpha value is -3.16. The summed E-state index contributed by atoms with van der Waals surface area (Å²) in [5.41, 5.74) is 0.832. The standard InChI is InChI=1S/C20H15ClFNO5/c1-11-8-14(23(26)27)9-17(21)20(11)28-15-6-7-18(24)16(10-15)19(25)12-2-4-13(22)5-3-12/h2-10,19,24-25H,1H3. The van der Waals surface area contributed by atoms with Crippen molar-refractivity contribution < 1.29 is 24.3 Å². The molecular formula is C20H15ClFNO5. The van der Waals surface area contributed by atoms with Gasteiger partial charge in [-0.25, -0.2) is 4.39 Å². The Bertz CT molecular complexity index is 1020. The van der Waals surface area contributed by atoms with E-state index in [-0.39, 0.29) is 33.5 Å². The minimum absolute atomic E-state index is 0.0559. The Balaban J connectivity index is 1.94. The average Bonchev–Trinajstić information content (AvgIpc) is 2.65. The van der Waals surface area contributed by atoms with E-state index in [0.29, 0.717) is 11.1 Å². The fourth-order valence-electron chi connectivity index (χ4n) is 2.71. The number of nitro groups is 1. The molecule has 3 aromatic rings. The summed E-state index contributed by atoms with van der Waals surface area (Å²) < 4.78 is 18.8. The van der Waals surface area contributed by atoms with Gasteiger partial charge in [-0.15, -0.1) is 0 Å². The molecule has 8 heteroatoms. The van der Waals surface area contributed by atoms with Crippen LogP contribution in [0.15, 0.2) is 54.6 Å². The number of aliphatic hydroxyl groups excluding tert-OH is 1. The van der Waals surface area contributed by atoms with E-state index >= 15 is 0 Å². The predicted molar refractivity (Wildman–Crippen MR) is 101 cm³/mol. The van der Waals surface area contributed by atoms with E-state index in [4.69, 9.17) is 16.3 Å². The van der Waals surface area contributed by atoms with E-state index in [0.717, 1.165) is 0 Å². The number of benzene rings is 3. The molecule has 28 heavy (non-hydrogen) atoms. The fraction of sp³-hybridized carbons (Fsp3) is 0.100. The molecule has 144 valence electrons. The van der Waals surface area contributed by atoms with Crippen LogP contribution < -0.4 is 4.74 Å². The first kappa shape index (κ1) is 19.6. The Morgan fingerprint density at radius 3 is 2.43 bits per heavy atom. The van der Waals surface area contributed by atoms with E-state index in [2.05, 4.69) is 0 Å². The molecule has 0 radical (unpaired) electrons. The van der Waals surface area contributed by atoms with Gasteiger partial charge < -0.3 is 14.9 Å². The predicted octanol–water partition coefficient (Wildman–Crippen LogP) is 5.28. The molecule has 0 aliphatic heterocycles. The second-order valence-corrected chi connectivity index (χ2v) is 6.51. The van der Waals surface area contributed by atoms with Crippen LogP contribution in [0, 0.1) is 22.9 Å². The van der Waals surface area contributed by atoms with Gasteiger partial charge in [-0.05, 0) is 42.8 Å². The van der Waals surface area contributed by atoms with Crippen LogP contribution in [0.3, 0.4) is 0 Å². The van der Waals surface area contributed by atoms with Gasteiger partial charge in [0, 0.05) is 23.3 Å². The first-order valence-corrected chi connectivity index (χ1v) is 8.53. The summed E-state index contributed by atoms with van der Waals surface area (Å²) in [6, 6.07) is 12.0. The van der Waals surface area contributed by atoms with Crippen molar-refractivity contribution in [3.8, 4) is 17.2 Å². The third kappa shape index (κ3) is 4.05. The lowest BCUT2D eigenvalue weighted by atomic mass is 10.0. The summed E-state index contributed by atoms with van der Waals surface area (Å²) in [6.45, 7) is 1.61. The van der Waals surface area contributed by atoms with Crippen LogP contribution in [-0.4, -0.2) is 15.1 Å². The van der Waals surface area contributed by atoms with E-state index in [1.54, 1.807) is 6.92 Å². The maximum Gasteiger partial charge on any atom is 0.271 e. The highest BCUT2D eigenvalue weighted by molar-refractivity contribution is 6.32. The molecule has 2 N–H and O–H groups in total. The lowest BCUT2D eigenvalue weighted by Gasteiger charge is -2.16. The smallest absolute Gasteiger partial charge is 0.271 e. The number of hydrogen-bond donors (Lipinski definition) is 2. The molecule has 1 atom stereocenters. The molecule has 3 aromatic carbocycles. The number of aryl methyl sites for hydroxylation is 1. The number of aromatic hydroxyl groups is 1. The fourth-order valence-corrected chi connectivity index (χ4v) is 3.00. The van der Waals surface area contributed by atoms with Crippen molar-refractivity contribution in [2.75, 3.05) is 0 Å². The number of phenolic OH excluding ortho intramolecular Hbond substituents is 1. The zero-order chi connectivity index (χ0) is 20.4. The quantitative estimate of drug-likeness (QED) is 0.447. The highest BCUT2D eigenvalue weighted by Gasteiger charge is 2.18. The third-order valence-electron chi connectivity index (χ3n) is 4.12. The Morgan fingerprint density at radius 1 is 1.14 bits per heavy atom. The molecular weight excluding hydrogens is 389 g/mol. The minimum atomic E-state index is -1.21. The largest absolute Gasteiger partial charge is 0.508 e. The monoisotopic (exact) mass is 403 g/mol. The topological polar surface area (TPSA) is 92.8 Å². The van der Waals surface area contributed by atoms with Crippen molar-refractivity contribution >= 4 is 17.3 Å². The summed E-state index contributed by atoms with van der Waals surface area (Å²) in [5, 5.41) is 31.6. The van der Waals surface area contributed by atoms with Gasteiger partial charge in [0.15, 0.2) is 0 Å². The van der Waals surface area contributed by atoms with Crippen LogP contribution in [0.2, 0.25) is 5.02 Å². The number of phenols is 1. The van der Waals surface area contributed by atoms with Crippen molar-refractivity contribution in [1.82, 2.24) is 0 Å². The van der Waals surface area contributed by atoms with E-state index in [1.807, 2.05) is 0 Å². The first-order valence-electron chi connectivity index (χ1n) is 8.15.